The molecule has 0 amide bonds. The van der Waals surface area contributed by atoms with Gasteiger partial charge in [-0.05, 0) is 37.3 Å². The summed E-state index contributed by atoms with van der Waals surface area (Å²) in [4.78, 5) is 0. The molecule has 1 unspecified atom stereocenters. The van der Waals surface area contributed by atoms with E-state index in [-0.39, 0.29) is 0 Å². The molecule has 1 fully saturated rings. The zero-order valence-electron chi connectivity index (χ0n) is 4.20. The maximum Gasteiger partial charge on any atom is 0.00622 e. The van der Waals surface area contributed by atoms with Gasteiger partial charge in [-0.15, -0.1) is 0 Å². The fourth-order valence-electron chi connectivity index (χ4n) is 1.29. The van der Waals surface area contributed by atoms with Crippen LogP contribution in [0.25, 0.3) is 0 Å². The molecule has 35 valence electrons. The summed E-state index contributed by atoms with van der Waals surface area (Å²) < 4.78 is 0. The van der Waals surface area contributed by atoms with Gasteiger partial charge in [-0.2, -0.15) is 0 Å². The molecule has 2 rings (SSSR count). The van der Waals surface area contributed by atoms with Gasteiger partial charge in [0.05, 0.1) is 0 Å². The first kappa shape index (κ1) is 3.71. The first-order valence-corrected chi connectivity index (χ1v) is 2.81. The molecule has 0 nitrogen and oxygen atoms in total. The Morgan fingerprint density at radius 1 is 1.57 bits per heavy atom. The molecule has 7 heavy (non-hydrogen) atoms. The molecule has 0 N–H and O–H groups in total. The summed E-state index contributed by atoms with van der Waals surface area (Å²) in [6, 6.07) is 0. The molecule has 0 aromatic heterocycles. The Balaban J connectivity index is 2.27. The molecular weight excluding hydrogens is 84.1 g/mol. The van der Waals surface area contributed by atoms with E-state index in [2.05, 4.69) is 12.2 Å². The summed E-state index contributed by atoms with van der Waals surface area (Å²) in [6.45, 7) is 0. The van der Waals surface area contributed by atoms with Gasteiger partial charge in [0, 0.05) is 5.92 Å². The second-order valence-electron chi connectivity index (χ2n) is 2.31. The van der Waals surface area contributed by atoms with Crippen molar-refractivity contribution in [1.29, 1.82) is 0 Å². The van der Waals surface area contributed by atoms with Gasteiger partial charge in [-0.3, -0.25) is 0 Å². The average molecular weight is 91.1 g/mol. The summed E-state index contributed by atoms with van der Waals surface area (Å²) in [5.74, 6) is 2.28. The molecule has 0 aromatic carbocycles. The number of hydrogen-bond acceptors (Lipinski definition) is 0. The van der Waals surface area contributed by atoms with Crippen molar-refractivity contribution < 1.29 is 0 Å². The lowest BCUT2D eigenvalue weighted by Crippen LogP contribution is -1.83. The normalized spacial score (nSPS) is 38.0. The van der Waals surface area contributed by atoms with Gasteiger partial charge in [-0.1, -0.05) is 0 Å². The third-order valence-electron chi connectivity index (χ3n) is 1.74. The lowest BCUT2D eigenvalue weighted by molar-refractivity contribution is 0.680. The minimum atomic E-state index is 0.773. The maximum atomic E-state index is 3.17. The highest BCUT2D eigenvalue weighted by Crippen LogP contribution is 2.38. The molecule has 0 aliphatic heterocycles. The summed E-state index contributed by atoms with van der Waals surface area (Å²) in [5, 5.41) is 0. The minimum absolute atomic E-state index is 0.773. The molecule has 3 radical (unpaired) electrons. The fraction of sp³-hybridized carbons (Fsp3) is 0.571. The van der Waals surface area contributed by atoms with Crippen LogP contribution in [0.4, 0.5) is 0 Å². The summed E-state index contributed by atoms with van der Waals surface area (Å²) >= 11 is 0. The Bertz CT molecular complexity index is 90.6. The molecule has 0 heterocycles. The number of fused-ring (bicyclic) bond motifs is 2. The van der Waals surface area contributed by atoms with Gasteiger partial charge >= 0.3 is 0 Å². The Labute approximate surface area is 44.2 Å². The molecule has 2 aliphatic rings. The second kappa shape index (κ2) is 1.12. The van der Waals surface area contributed by atoms with Gasteiger partial charge in [-0.25, -0.2) is 0 Å². The van der Waals surface area contributed by atoms with Crippen molar-refractivity contribution >= 4 is 0 Å². The van der Waals surface area contributed by atoms with Crippen LogP contribution in [0.1, 0.15) is 19.3 Å². The minimum Gasteiger partial charge on any atom is -0.0454 e. The van der Waals surface area contributed by atoms with Crippen LogP contribution in [0.15, 0.2) is 0 Å². The second-order valence-corrected chi connectivity index (χ2v) is 2.31. The highest BCUT2D eigenvalue weighted by atomic mass is 14.3. The van der Waals surface area contributed by atoms with Gasteiger partial charge in [0.1, 0.15) is 0 Å². The Morgan fingerprint density at radius 3 is 2.71 bits per heavy atom. The lowest BCUT2D eigenvalue weighted by atomic mass is 10.1. The van der Waals surface area contributed by atoms with Crippen LogP contribution in [0, 0.1) is 24.0 Å². The van der Waals surface area contributed by atoms with Crippen molar-refractivity contribution in [2.75, 3.05) is 0 Å². The van der Waals surface area contributed by atoms with Crippen molar-refractivity contribution in [3.8, 4) is 0 Å². The molecule has 1 atom stereocenters. The Kier molecular flexibility index (Phi) is 0.592. The molecule has 0 saturated heterocycles. The maximum absolute atomic E-state index is 3.17. The van der Waals surface area contributed by atoms with E-state index in [1.165, 1.54) is 25.2 Å². The third kappa shape index (κ3) is 0.425. The Hall–Kier alpha value is -0.260. The first-order valence-electron chi connectivity index (χ1n) is 2.81. The predicted octanol–water partition coefficient (Wildman–Crippen LogP) is 1.54. The molecular formula is C7H7. The van der Waals surface area contributed by atoms with Crippen molar-refractivity contribution in [2.45, 2.75) is 19.3 Å². The van der Waals surface area contributed by atoms with Gasteiger partial charge in [0.15, 0.2) is 0 Å². The van der Waals surface area contributed by atoms with E-state index in [1.54, 1.807) is 0 Å². The Morgan fingerprint density at radius 2 is 2.57 bits per heavy atom. The smallest absolute Gasteiger partial charge is 0.00622 e. The zero-order valence-corrected chi connectivity index (χ0v) is 4.20. The number of allylic oxidation sites excluding steroid dienone is 2. The molecule has 0 aromatic rings. The van der Waals surface area contributed by atoms with Crippen LogP contribution in [-0.4, -0.2) is 0 Å². The molecule has 0 heteroatoms. The molecule has 1 saturated carbocycles. The van der Waals surface area contributed by atoms with E-state index in [1.807, 2.05) is 0 Å². The quantitative estimate of drug-likeness (QED) is 0.424. The van der Waals surface area contributed by atoms with Crippen molar-refractivity contribution in [2.24, 2.45) is 5.92 Å². The third-order valence-corrected chi connectivity index (χ3v) is 1.74. The zero-order chi connectivity index (χ0) is 4.69. The monoisotopic (exact) mass is 91.1 g/mol. The SMILES string of the molecule is [C]1=[C]C2CC[C]1C2. The van der Waals surface area contributed by atoms with E-state index in [0.29, 0.717) is 0 Å². The van der Waals surface area contributed by atoms with E-state index < -0.39 is 0 Å². The fourth-order valence-corrected chi connectivity index (χ4v) is 1.29. The van der Waals surface area contributed by atoms with E-state index in [9.17, 15) is 0 Å². The summed E-state index contributed by atoms with van der Waals surface area (Å²) in [6.07, 6.45) is 10.2. The summed E-state index contributed by atoms with van der Waals surface area (Å²) in [5.41, 5.74) is 0. The van der Waals surface area contributed by atoms with E-state index >= 15 is 0 Å². The van der Waals surface area contributed by atoms with Gasteiger partial charge < -0.3 is 0 Å². The highest BCUT2D eigenvalue weighted by molar-refractivity contribution is 5.15. The van der Waals surface area contributed by atoms with Gasteiger partial charge in [0.2, 0.25) is 0 Å². The molecule has 0 spiro atoms. The number of hydrogen-bond donors (Lipinski definition) is 0. The average Bonchev–Trinajstić information content (AvgIpc) is 2.22. The van der Waals surface area contributed by atoms with Crippen LogP contribution >= 0.6 is 0 Å². The molecule has 2 bridgehead atoms. The largest absolute Gasteiger partial charge is 0.0454 e. The van der Waals surface area contributed by atoms with E-state index in [0.717, 1.165) is 5.92 Å². The lowest BCUT2D eigenvalue weighted by Gasteiger charge is -1.94. The van der Waals surface area contributed by atoms with Crippen LogP contribution < -0.4 is 0 Å². The van der Waals surface area contributed by atoms with Crippen LogP contribution in [-0.2, 0) is 0 Å². The van der Waals surface area contributed by atoms with Crippen molar-refractivity contribution in [3.05, 3.63) is 18.1 Å². The van der Waals surface area contributed by atoms with Crippen molar-refractivity contribution in [1.82, 2.24) is 0 Å². The topological polar surface area (TPSA) is 0 Å². The van der Waals surface area contributed by atoms with E-state index in [4.69, 9.17) is 0 Å². The predicted molar refractivity (Wildman–Crippen MR) is 27.1 cm³/mol. The van der Waals surface area contributed by atoms with Crippen molar-refractivity contribution in [3.63, 3.8) is 0 Å². The summed E-state index contributed by atoms with van der Waals surface area (Å²) in [7, 11) is 0. The highest BCUT2D eigenvalue weighted by Gasteiger charge is 2.27. The van der Waals surface area contributed by atoms with Gasteiger partial charge in [0.25, 0.3) is 0 Å². The van der Waals surface area contributed by atoms with Crippen LogP contribution in [0.5, 0.6) is 0 Å². The standard InChI is InChI=1S/C7H7/c1-2-7-4-3-6(1)5-7/h6H,1-2,5H2. The molecule has 2 aliphatic carbocycles. The number of rotatable bonds is 0. The van der Waals surface area contributed by atoms with Crippen LogP contribution in [0.2, 0.25) is 0 Å². The first-order chi connectivity index (χ1) is 3.45. The van der Waals surface area contributed by atoms with Crippen LogP contribution in [0.3, 0.4) is 0 Å².